The Morgan fingerprint density at radius 3 is 2.83 bits per heavy atom. The topological polar surface area (TPSA) is 72.3 Å². The number of carbonyl (C=O) groups is 1. The van der Waals surface area contributed by atoms with Gasteiger partial charge < -0.3 is 19.5 Å². The van der Waals surface area contributed by atoms with Crippen molar-refractivity contribution in [1.29, 1.82) is 0 Å². The monoisotopic (exact) mass is 335 g/mol. The summed E-state index contributed by atoms with van der Waals surface area (Å²) in [6.45, 7) is 4.73. The zero-order valence-corrected chi connectivity index (χ0v) is 15.2. The standard InChI is InChI=1S/C17H29N5O2/c1-5-24-14-10-13(17(14)8-6-7-9-17)22(4)16(23)19-12(2)15-20-18-11-21(15)3/h11-14H,5-10H2,1-4H3,(H,19,23)/t12-,13+,14+/m0/s1. The lowest BCUT2D eigenvalue weighted by Crippen LogP contribution is -2.65. The Balaban J connectivity index is 1.64. The van der Waals surface area contributed by atoms with Crippen LogP contribution in [0.4, 0.5) is 4.79 Å². The van der Waals surface area contributed by atoms with Crippen molar-refractivity contribution in [3.8, 4) is 0 Å². The summed E-state index contributed by atoms with van der Waals surface area (Å²) in [5.41, 5.74) is 0.163. The maximum Gasteiger partial charge on any atom is 0.317 e. The third-order valence-electron chi connectivity index (χ3n) is 5.91. The lowest BCUT2D eigenvalue weighted by molar-refractivity contribution is -0.151. The van der Waals surface area contributed by atoms with E-state index in [1.165, 1.54) is 25.7 Å². The number of urea groups is 1. The fourth-order valence-corrected chi connectivity index (χ4v) is 4.57. The molecule has 0 aliphatic heterocycles. The van der Waals surface area contributed by atoms with Gasteiger partial charge >= 0.3 is 6.03 Å². The molecule has 0 radical (unpaired) electrons. The molecule has 1 spiro atoms. The van der Waals surface area contributed by atoms with Gasteiger partial charge in [-0.1, -0.05) is 12.8 Å². The molecule has 0 aromatic carbocycles. The molecule has 1 heterocycles. The van der Waals surface area contributed by atoms with Gasteiger partial charge in [0.25, 0.3) is 0 Å². The number of aryl methyl sites for hydroxylation is 1. The van der Waals surface area contributed by atoms with Crippen LogP contribution in [0, 0.1) is 5.41 Å². The van der Waals surface area contributed by atoms with Crippen LogP contribution in [-0.4, -0.2) is 51.5 Å². The Morgan fingerprint density at radius 1 is 1.54 bits per heavy atom. The smallest absolute Gasteiger partial charge is 0.317 e. The van der Waals surface area contributed by atoms with E-state index in [2.05, 4.69) is 22.4 Å². The third kappa shape index (κ3) is 2.79. The van der Waals surface area contributed by atoms with E-state index >= 15 is 0 Å². The van der Waals surface area contributed by atoms with Gasteiger partial charge in [-0.15, -0.1) is 10.2 Å². The summed E-state index contributed by atoms with van der Waals surface area (Å²) in [6, 6.07) is 0.0507. The summed E-state index contributed by atoms with van der Waals surface area (Å²) in [4.78, 5) is 14.6. The molecule has 134 valence electrons. The second-order valence-electron chi connectivity index (χ2n) is 7.22. The van der Waals surface area contributed by atoms with Crippen LogP contribution < -0.4 is 5.32 Å². The number of nitrogens with zero attached hydrogens (tertiary/aromatic N) is 4. The molecule has 2 amide bonds. The first-order valence-corrected chi connectivity index (χ1v) is 8.98. The molecule has 0 saturated heterocycles. The average Bonchev–Trinajstić information content (AvgIpc) is 3.20. The number of hydrogen-bond acceptors (Lipinski definition) is 4. The van der Waals surface area contributed by atoms with Crippen molar-refractivity contribution in [2.75, 3.05) is 13.7 Å². The van der Waals surface area contributed by atoms with Gasteiger partial charge in [-0.2, -0.15) is 0 Å². The highest BCUT2D eigenvalue weighted by atomic mass is 16.5. The largest absolute Gasteiger partial charge is 0.378 e. The van der Waals surface area contributed by atoms with Gasteiger partial charge in [0.1, 0.15) is 6.33 Å². The molecule has 7 heteroatoms. The molecule has 0 bridgehead atoms. The summed E-state index contributed by atoms with van der Waals surface area (Å²) in [5, 5.41) is 11.0. The summed E-state index contributed by atoms with van der Waals surface area (Å²) < 4.78 is 7.78. The molecular weight excluding hydrogens is 306 g/mol. The van der Waals surface area contributed by atoms with Gasteiger partial charge in [0.05, 0.1) is 12.1 Å². The van der Waals surface area contributed by atoms with E-state index in [0.717, 1.165) is 18.9 Å². The molecule has 2 fully saturated rings. The Labute approximate surface area is 143 Å². The SMILES string of the molecule is CCO[C@@H]1C[C@@H](N(C)C(=O)N[C@@H](C)c2nncn2C)C12CCCC2. The first kappa shape index (κ1) is 17.2. The van der Waals surface area contributed by atoms with Crippen LogP contribution in [0.5, 0.6) is 0 Å². The van der Waals surface area contributed by atoms with Gasteiger partial charge in [-0.05, 0) is 33.1 Å². The van der Waals surface area contributed by atoms with E-state index < -0.39 is 0 Å². The van der Waals surface area contributed by atoms with Crippen LogP contribution in [0.2, 0.25) is 0 Å². The van der Waals surface area contributed by atoms with Gasteiger partial charge in [0, 0.05) is 32.2 Å². The Morgan fingerprint density at radius 2 is 2.25 bits per heavy atom. The maximum atomic E-state index is 12.7. The summed E-state index contributed by atoms with van der Waals surface area (Å²) in [7, 11) is 3.79. The molecule has 3 atom stereocenters. The Hall–Kier alpha value is -1.63. The van der Waals surface area contributed by atoms with Crippen molar-refractivity contribution in [1.82, 2.24) is 25.0 Å². The van der Waals surface area contributed by atoms with Gasteiger partial charge in [0.15, 0.2) is 5.82 Å². The molecule has 3 rings (SSSR count). The molecule has 1 aromatic rings. The minimum Gasteiger partial charge on any atom is -0.378 e. The molecule has 2 saturated carbocycles. The summed E-state index contributed by atoms with van der Waals surface area (Å²) >= 11 is 0. The maximum absolute atomic E-state index is 12.7. The average molecular weight is 335 g/mol. The second-order valence-corrected chi connectivity index (χ2v) is 7.22. The zero-order chi connectivity index (χ0) is 17.3. The fourth-order valence-electron chi connectivity index (χ4n) is 4.57. The van der Waals surface area contributed by atoms with Gasteiger partial charge in [-0.25, -0.2) is 4.79 Å². The molecule has 1 N–H and O–H groups in total. The first-order valence-electron chi connectivity index (χ1n) is 8.98. The van der Waals surface area contributed by atoms with Crippen LogP contribution in [-0.2, 0) is 11.8 Å². The highest BCUT2D eigenvalue weighted by molar-refractivity contribution is 5.75. The van der Waals surface area contributed by atoms with E-state index in [4.69, 9.17) is 4.74 Å². The van der Waals surface area contributed by atoms with Crippen molar-refractivity contribution in [2.45, 2.75) is 64.1 Å². The van der Waals surface area contributed by atoms with Crippen molar-refractivity contribution >= 4 is 6.03 Å². The Kier molecular flexibility index (Phi) is 4.80. The van der Waals surface area contributed by atoms with Gasteiger partial charge in [0.2, 0.25) is 0 Å². The number of hydrogen-bond donors (Lipinski definition) is 1. The number of ether oxygens (including phenoxy) is 1. The predicted octanol–water partition coefficient (Wildman–Crippen LogP) is 2.26. The molecule has 1 aromatic heterocycles. The molecule has 7 nitrogen and oxygen atoms in total. The van der Waals surface area contributed by atoms with Gasteiger partial charge in [-0.3, -0.25) is 0 Å². The number of nitrogens with one attached hydrogen (secondary N) is 1. The molecule has 0 unspecified atom stereocenters. The van der Waals surface area contributed by atoms with Crippen LogP contribution in [0.15, 0.2) is 6.33 Å². The van der Waals surface area contributed by atoms with Crippen molar-refractivity contribution in [3.05, 3.63) is 12.2 Å². The Bertz CT molecular complexity index is 581. The lowest BCUT2D eigenvalue weighted by atomic mass is 9.60. The van der Waals surface area contributed by atoms with Crippen molar-refractivity contribution < 1.29 is 9.53 Å². The van der Waals surface area contributed by atoms with E-state index in [0.29, 0.717) is 6.10 Å². The first-order chi connectivity index (χ1) is 11.5. The minimum absolute atomic E-state index is 0.0447. The minimum atomic E-state index is -0.172. The van der Waals surface area contributed by atoms with Crippen LogP contribution in [0.3, 0.4) is 0 Å². The number of amides is 2. The molecule has 2 aliphatic carbocycles. The second kappa shape index (κ2) is 6.70. The number of carbonyl (C=O) groups excluding carboxylic acids is 1. The van der Waals surface area contributed by atoms with Crippen LogP contribution in [0.1, 0.15) is 57.8 Å². The van der Waals surface area contributed by atoms with E-state index in [1.54, 1.807) is 6.33 Å². The van der Waals surface area contributed by atoms with E-state index in [-0.39, 0.29) is 23.5 Å². The normalized spacial score (nSPS) is 26.2. The highest BCUT2D eigenvalue weighted by Crippen LogP contribution is 2.56. The molecule has 2 aliphatic rings. The lowest BCUT2D eigenvalue weighted by Gasteiger charge is -2.56. The third-order valence-corrected chi connectivity index (χ3v) is 5.91. The van der Waals surface area contributed by atoms with Crippen molar-refractivity contribution in [3.63, 3.8) is 0 Å². The number of aromatic nitrogens is 3. The molecule has 24 heavy (non-hydrogen) atoms. The number of rotatable bonds is 5. The summed E-state index contributed by atoms with van der Waals surface area (Å²) in [5.74, 6) is 0.758. The quantitative estimate of drug-likeness (QED) is 0.896. The van der Waals surface area contributed by atoms with Crippen molar-refractivity contribution in [2.24, 2.45) is 12.5 Å². The van der Waals surface area contributed by atoms with Crippen LogP contribution >= 0.6 is 0 Å². The highest BCUT2D eigenvalue weighted by Gasteiger charge is 2.58. The molecular formula is C17H29N5O2. The summed E-state index contributed by atoms with van der Waals surface area (Å²) in [6.07, 6.45) is 7.71. The predicted molar refractivity (Wildman–Crippen MR) is 90.4 cm³/mol. The zero-order valence-electron chi connectivity index (χ0n) is 15.2. The van der Waals surface area contributed by atoms with E-state index in [1.807, 2.05) is 30.5 Å². The van der Waals surface area contributed by atoms with Crippen LogP contribution in [0.25, 0.3) is 0 Å². The fraction of sp³-hybridized carbons (Fsp3) is 0.824. The van der Waals surface area contributed by atoms with E-state index in [9.17, 15) is 4.79 Å².